The number of rotatable bonds is 4. The van der Waals surface area contributed by atoms with E-state index < -0.39 is 0 Å². The van der Waals surface area contributed by atoms with Crippen LogP contribution in [0, 0.1) is 0 Å². The first-order chi connectivity index (χ1) is 10.3. The van der Waals surface area contributed by atoms with Crippen molar-refractivity contribution >= 4 is 5.91 Å². The molecule has 6 heteroatoms. The van der Waals surface area contributed by atoms with Crippen molar-refractivity contribution in [2.75, 3.05) is 19.8 Å². The van der Waals surface area contributed by atoms with Crippen LogP contribution >= 0.6 is 0 Å². The van der Waals surface area contributed by atoms with Crippen LogP contribution in [-0.2, 0) is 9.47 Å². The third-order valence-electron chi connectivity index (χ3n) is 4.01. The average Bonchev–Trinajstić information content (AvgIpc) is 2.96. The molecular formula is C15H19N3O3. The highest BCUT2D eigenvalue weighted by atomic mass is 16.5. The van der Waals surface area contributed by atoms with Crippen molar-refractivity contribution in [3.05, 3.63) is 36.9 Å². The van der Waals surface area contributed by atoms with Crippen LogP contribution in [0.25, 0.3) is 0 Å². The van der Waals surface area contributed by atoms with Gasteiger partial charge in [0.2, 0.25) is 0 Å². The Balaban J connectivity index is 1.73. The molecule has 0 bridgehead atoms. The fourth-order valence-electron chi connectivity index (χ4n) is 3.09. The number of carbonyl (C=O) groups excluding carboxylic acids is 1. The maximum atomic E-state index is 12.6. The Bertz CT molecular complexity index is 508. The van der Waals surface area contributed by atoms with E-state index in [0.29, 0.717) is 25.5 Å². The SMILES string of the molecule is C=CCO[C@H]1CC[C@H]2[C@H]1OCCN2C(=O)c1cnccn1. The first-order valence-electron chi connectivity index (χ1n) is 7.22. The van der Waals surface area contributed by atoms with Crippen LogP contribution in [0.1, 0.15) is 23.3 Å². The van der Waals surface area contributed by atoms with Gasteiger partial charge in [-0.05, 0) is 12.8 Å². The second-order valence-corrected chi connectivity index (χ2v) is 5.23. The number of nitrogens with zero attached hydrogens (tertiary/aromatic N) is 3. The fourth-order valence-corrected chi connectivity index (χ4v) is 3.09. The summed E-state index contributed by atoms with van der Waals surface area (Å²) < 4.78 is 11.6. The van der Waals surface area contributed by atoms with E-state index in [4.69, 9.17) is 9.47 Å². The highest BCUT2D eigenvalue weighted by molar-refractivity contribution is 5.92. The van der Waals surface area contributed by atoms with Gasteiger partial charge in [0.15, 0.2) is 0 Å². The highest BCUT2D eigenvalue weighted by Crippen LogP contribution is 2.32. The minimum atomic E-state index is -0.0780. The molecule has 1 aromatic heterocycles. The lowest BCUT2D eigenvalue weighted by atomic mass is 10.1. The van der Waals surface area contributed by atoms with E-state index in [1.807, 2.05) is 4.90 Å². The molecule has 0 N–H and O–H groups in total. The standard InChI is InChI=1S/C15H19N3O3/c1-2-8-20-13-4-3-12-14(13)21-9-7-18(12)15(19)11-10-16-5-6-17-11/h2,5-6,10,12-14H,1,3-4,7-9H2/t12-,13-,14+/m0/s1. The number of fused-ring (bicyclic) bond motifs is 1. The monoisotopic (exact) mass is 289 g/mol. The Hall–Kier alpha value is -1.79. The second kappa shape index (κ2) is 6.32. The van der Waals surface area contributed by atoms with Gasteiger partial charge in [0.05, 0.1) is 31.6 Å². The summed E-state index contributed by atoms with van der Waals surface area (Å²) in [7, 11) is 0. The number of ether oxygens (including phenoxy) is 2. The van der Waals surface area contributed by atoms with Gasteiger partial charge < -0.3 is 14.4 Å². The summed E-state index contributed by atoms with van der Waals surface area (Å²) in [6, 6.07) is 0.0584. The second-order valence-electron chi connectivity index (χ2n) is 5.23. The zero-order valence-corrected chi connectivity index (χ0v) is 11.9. The normalized spacial score (nSPS) is 28.2. The number of amides is 1. The van der Waals surface area contributed by atoms with Crippen LogP contribution in [-0.4, -0.2) is 58.8 Å². The highest BCUT2D eigenvalue weighted by Gasteiger charge is 2.45. The molecular weight excluding hydrogens is 270 g/mol. The minimum Gasteiger partial charge on any atom is -0.372 e. The van der Waals surface area contributed by atoms with Gasteiger partial charge in [-0.25, -0.2) is 4.98 Å². The van der Waals surface area contributed by atoms with Gasteiger partial charge in [-0.1, -0.05) is 6.08 Å². The predicted octanol–water partition coefficient (Wildman–Crippen LogP) is 1.05. The van der Waals surface area contributed by atoms with Crippen molar-refractivity contribution in [1.29, 1.82) is 0 Å². The molecule has 1 aliphatic carbocycles. The molecule has 2 aliphatic rings. The van der Waals surface area contributed by atoms with E-state index in [0.717, 1.165) is 12.8 Å². The summed E-state index contributed by atoms with van der Waals surface area (Å²) in [4.78, 5) is 22.5. The molecule has 1 aromatic rings. The molecule has 112 valence electrons. The fraction of sp³-hybridized carbons (Fsp3) is 0.533. The summed E-state index contributed by atoms with van der Waals surface area (Å²) in [5.41, 5.74) is 0.383. The third-order valence-corrected chi connectivity index (χ3v) is 4.01. The van der Waals surface area contributed by atoms with E-state index in [-0.39, 0.29) is 24.2 Å². The largest absolute Gasteiger partial charge is 0.372 e. The van der Waals surface area contributed by atoms with Gasteiger partial charge in [0, 0.05) is 18.9 Å². The van der Waals surface area contributed by atoms with Crippen LogP contribution in [0.2, 0.25) is 0 Å². The van der Waals surface area contributed by atoms with Crippen molar-refractivity contribution in [3.63, 3.8) is 0 Å². The molecule has 0 unspecified atom stereocenters. The third kappa shape index (κ3) is 2.82. The van der Waals surface area contributed by atoms with Crippen LogP contribution < -0.4 is 0 Å². The molecule has 1 amide bonds. The number of hydrogen-bond donors (Lipinski definition) is 0. The lowest BCUT2D eigenvalue weighted by Gasteiger charge is -2.38. The Kier molecular flexibility index (Phi) is 4.26. The molecule has 2 fully saturated rings. The van der Waals surface area contributed by atoms with Crippen molar-refractivity contribution in [2.45, 2.75) is 31.1 Å². The molecule has 0 radical (unpaired) electrons. The molecule has 1 saturated heterocycles. The molecule has 0 aromatic carbocycles. The van der Waals surface area contributed by atoms with Gasteiger partial charge in [-0.15, -0.1) is 6.58 Å². The first kappa shape index (κ1) is 14.2. The number of aromatic nitrogens is 2. The Morgan fingerprint density at radius 2 is 2.43 bits per heavy atom. The molecule has 1 saturated carbocycles. The van der Waals surface area contributed by atoms with Gasteiger partial charge in [-0.2, -0.15) is 0 Å². The van der Waals surface area contributed by atoms with Crippen LogP contribution in [0.5, 0.6) is 0 Å². The minimum absolute atomic E-state index is 0.0328. The number of carbonyl (C=O) groups is 1. The maximum absolute atomic E-state index is 12.6. The van der Waals surface area contributed by atoms with Gasteiger partial charge in [0.25, 0.3) is 5.91 Å². The van der Waals surface area contributed by atoms with Crippen molar-refractivity contribution in [2.24, 2.45) is 0 Å². The van der Waals surface area contributed by atoms with E-state index in [9.17, 15) is 4.79 Å². The van der Waals surface area contributed by atoms with Crippen molar-refractivity contribution in [3.8, 4) is 0 Å². The van der Waals surface area contributed by atoms with Crippen LogP contribution in [0.3, 0.4) is 0 Å². The summed E-state index contributed by atoms with van der Waals surface area (Å²) in [6.45, 7) is 5.29. The Morgan fingerprint density at radius 1 is 1.52 bits per heavy atom. The van der Waals surface area contributed by atoms with Crippen LogP contribution in [0.4, 0.5) is 0 Å². The zero-order chi connectivity index (χ0) is 14.7. The molecule has 3 rings (SSSR count). The number of morpholine rings is 1. The summed E-state index contributed by atoms with van der Waals surface area (Å²) >= 11 is 0. The van der Waals surface area contributed by atoms with E-state index in [1.165, 1.54) is 12.4 Å². The molecule has 1 aliphatic heterocycles. The summed E-state index contributed by atoms with van der Waals surface area (Å²) in [5, 5.41) is 0. The van der Waals surface area contributed by atoms with Crippen molar-refractivity contribution in [1.82, 2.24) is 14.9 Å². The van der Waals surface area contributed by atoms with Gasteiger partial charge >= 0.3 is 0 Å². The molecule has 3 atom stereocenters. The average molecular weight is 289 g/mol. The summed E-state index contributed by atoms with van der Waals surface area (Å²) in [5.74, 6) is -0.0780. The summed E-state index contributed by atoms with van der Waals surface area (Å²) in [6.07, 6.45) is 8.10. The topological polar surface area (TPSA) is 64.6 Å². The first-order valence-corrected chi connectivity index (χ1v) is 7.22. The van der Waals surface area contributed by atoms with Gasteiger partial charge in [-0.3, -0.25) is 9.78 Å². The van der Waals surface area contributed by atoms with E-state index in [1.54, 1.807) is 12.3 Å². The van der Waals surface area contributed by atoms with Crippen LogP contribution in [0.15, 0.2) is 31.2 Å². The molecule has 6 nitrogen and oxygen atoms in total. The Labute approximate surface area is 123 Å². The van der Waals surface area contributed by atoms with E-state index >= 15 is 0 Å². The smallest absolute Gasteiger partial charge is 0.274 e. The maximum Gasteiger partial charge on any atom is 0.274 e. The van der Waals surface area contributed by atoms with Gasteiger partial charge in [0.1, 0.15) is 11.8 Å². The number of hydrogen-bond acceptors (Lipinski definition) is 5. The zero-order valence-electron chi connectivity index (χ0n) is 11.9. The Morgan fingerprint density at radius 3 is 3.19 bits per heavy atom. The lowest BCUT2D eigenvalue weighted by Crippen LogP contribution is -2.54. The molecule has 2 heterocycles. The quantitative estimate of drug-likeness (QED) is 0.775. The lowest BCUT2D eigenvalue weighted by molar-refractivity contribution is -0.100. The van der Waals surface area contributed by atoms with E-state index in [2.05, 4.69) is 16.5 Å². The molecule has 0 spiro atoms. The predicted molar refractivity (Wildman–Crippen MR) is 75.8 cm³/mol. The molecule has 21 heavy (non-hydrogen) atoms. The van der Waals surface area contributed by atoms with Crippen molar-refractivity contribution < 1.29 is 14.3 Å².